The molecule has 1 aliphatic heterocycles. The lowest BCUT2D eigenvalue weighted by Crippen LogP contribution is -2.54. The molecule has 1 aromatic carbocycles. The summed E-state index contributed by atoms with van der Waals surface area (Å²) in [5.74, 6) is 0.520. The zero-order valence-corrected chi connectivity index (χ0v) is 11.6. The number of carbonyl (C=O) groups is 1. The molecular weight excluding hydrogens is 244 g/mol. The van der Waals surface area contributed by atoms with Crippen molar-refractivity contribution in [3.05, 3.63) is 23.3 Å². The zero-order chi connectivity index (χ0) is 14.2. The molecule has 0 aliphatic carbocycles. The number of anilines is 1. The van der Waals surface area contributed by atoms with E-state index in [1.165, 1.54) is 6.92 Å². The van der Waals surface area contributed by atoms with Gasteiger partial charge in [0.25, 0.3) is 0 Å². The third kappa shape index (κ3) is 2.31. The largest absolute Gasteiger partial charge is 0.495 e. The summed E-state index contributed by atoms with van der Waals surface area (Å²) < 4.78 is 5.34. The molecule has 1 aliphatic rings. The number of amides is 1. The molecule has 1 heterocycles. The molecule has 1 amide bonds. The van der Waals surface area contributed by atoms with Crippen LogP contribution in [-0.2, 0) is 11.2 Å². The second-order valence-electron chi connectivity index (χ2n) is 5.12. The molecule has 1 unspecified atom stereocenters. The van der Waals surface area contributed by atoms with Crippen LogP contribution in [0.1, 0.15) is 18.1 Å². The predicted molar refractivity (Wildman–Crippen MR) is 73.5 cm³/mol. The summed E-state index contributed by atoms with van der Waals surface area (Å²) in [6.07, 6.45) is 0.436. The summed E-state index contributed by atoms with van der Waals surface area (Å²) in [5.41, 5.74) is 7.29. The van der Waals surface area contributed by atoms with E-state index in [-0.39, 0.29) is 19.0 Å². The summed E-state index contributed by atoms with van der Waals surface area (Å²) in [5, 5.41) is 10.5. The number of benzene rings is 1. The Bertz CT molecular complexity index is 516. The average molecular weight is 264 g/mol. The lowest BCUT2D eigenvalue weighted by Gasteiger charge is -2.40. The van der Waals surface area contributed by atoms with Crippen LogP contribution >= 0.6 is 0 Å². The van der Waals surface area contributed by atoms with Crippen LogP contribution in [0.5, 0.6) is 5.75 Å². The highest BCUT2D eigenvalue weighted by molar-refractivity contribution is 5.95. The van der Waals surface area contributed by atoms with Crippen molar-refractivity contribution in [1.82, 2.24) is 0 Å². The number of ether oxygens (including phenoxy) is 1. The number of rotatable bonds is 2. The normalized spacial score (nSPS) is 22.1. The first-order valence-electron chi connectivity index (χ1n) is 6.29. The number of nitrogens with zero attached hydrogens (tertiary/aromatic N) is 1. The van der Waals surface area contributed by atoms with Crippen molar-refractivity contribution in [2.75, 3.05) is 25.1 Å². The Balaban J connectivity index is 2.63. The molecule has 19 heavy (non-hydrogen) atoms. The van der Waals surface area contributed by atoms with Crippen LogP contribution in [0.25, 0.3) is 0 Å². The van der Waals surface area contributed by atoms with Gasteiger partial charge in [-0.3, -0.25) is 4.79 Å². The van der Waals surface area contributed by atoms with E-state index in [0.29, 0.717) is 12.2 Å². The number of hydrogen-bond acceptors (Lipinski definition) is 4. The average Bonchev–Trinajstić information content (AvgIpc) is 2.39. The zero-order valence-electron chi connectivity index (χ0n) is 11.6. The van der Waals surface area contributed by atoms with Crippen molar-refractivity contribution in [3.8, 4) is 5.75 Å². The first kappa shape index (κ1) is 13.8. The van der Waals surface area contributed by atoms with E-state index in [0.717, 1.165) is 16.8 Å². The smallest absolute Gasteiger partial charge is 0.224 e. The topological polar surface area (TPSA) is 75.8 Å². The lowest BCUT2D eigenvalue weighted by atomic mass is 9.85. The Morgan fingerprint density at radius 2 is 2.26 bits per heavy atom. The predicted octanol–water partition coefficient (Wildman–Crippen LogP) is 0.602. The van der Waals surface area contributed by atoms with Crippen molar-refractivity contribution in [2.24, 2.45) is 5.73 Å². The Hall–Kier alpha value is -1.59. The highest BCUT2D eigenvalue weighted by Crippen LogP contribution is 2.40. The summed E-state index contributed by atoms with van der Waals surface area (Å²) in [6.45, 7) is 3.76. The molecule has 104 valence electrons. The maximum Gasteiger partial charge on any atom is 0.224 e. The molecule has 2 rings (SSSR count). The van der Waals surface area contributed by atoms with Crippen LogP contribution in [0.15, 0.2) is 12.1 Å². The number of nitrogens with two attached hydrogens (primary N) is 1. The van der Waals surface area contributed by atoms with E-state index < -0.39 is 5.60 Å². The van der Waals surface area contributed by atoms with Crippen LogP contribution in [0.3, 0.4) is 0 Å². The molecule has 1 aromatic rings. The Kier molecular flexibility index (Phi) is 3.52. The van der Waals surface area contributed by atoms with Crippen LogP contribution in [0, 0.1) is 6.92 Å². The summed E-state index contributed by atoms with van der Waals surface area (Å²) >= 11 is 0. The maximum atomic E-state index is 11.9. The van der Waals surface area contributed by atoms with Gasteiger partial charge in [0.15, 0.2) is 0 Å². The number of hydrogen-bond donors (Lipinski definition) is 2. The third-order valence-electron chi connectivity index (χ3n) is 3.69. The van der Waals surface area contributed by atoms with Gasteiger partial charge in [-0.05, 0) is 24.1 Å². The number of β-amino-alcohol motifs (C(OH)–C–C–N with tert-alkyl or cyclic N) is 1. The molecule has 0 saturated carbocycles. The summed E-state index contributed by atoms with van der Waals surface area (Å²) in [7, 11) is 1.58. The third-order valence-corrected chi connectivity index (χ3v) is 3.69. The summed E-state index contributed by atoms with van der Waals surface area (Å²) in [4.78, 5) is 13.4. The fourth-order valence-corrected chi connectivity index (χ4v) is 2.56. The van der Waals surface area contributed by atoms with Gasteiger partial charge in [0.1, 0.15) is 5.75 Å². The first-order chi connectivity index (χ1) is 8.91. The van der Waals surface area contributed by atoms with E-state index in [9.17, 15) is 9.90 Å². The van der Waals surface area contributed by atoms with Crippen molar-refractivity contribution in [3.63, 3.8) is 0 Å². The second-order valence-corrected chi connectivity index (χ2v) is 5.12. The van der Waals surface area contributed by atoms with Gasteiger partial charge in [0.05, 0.1) is 24.9 Å². The van der Waals surface area contributed by atoms with Gasteiger partial charge in [-0.2, -0.15) is 0 Å². The van der Waals surface area contributed by atoms with Crippen LogP contribution in [-0.4, -0.2) is 36.8 Å². The minimum atomic E-state index is -1.07. The van der Waals surface area contributed by atoms with Crippen LogP contribution in [0.2, 0.25) is 0 Å². The highest BCUT2D eigenvalue weighted by atomic mass is 16.5. The monoisotopic (exact) mass is 264 g/mol. The van der Waals surface area contributed by atoms with Crippen LogP contribution < -0.4 is 15.4 Å². The molecule has 0 radical (unpaired) electrons. The molecule has 0 spiro atoms. The lowest BCUT2D eigenvalue weighted by molar-refractivity contribution is -0.117. The van der Waals surface area contributed by atoms with Gasteiger partial charge in [-0.25, -0.2) is 0 Å². The van der Waals surface area contributed by atoms with Crippen molar-refractivity contribution in [1.29, 1.82) is 0 Å². The maximum absolute atomic E-state index is 11.9. The molecule has 0 saturated heterocycles. The first-order valence-corrected chi connectivity index (χ1v) is 6.29. The second kappa shape index (κ2) is 4.83. The van der Waals surface area contributed by atoms with E-state index in [2.05, 4.69) is 0 Å². The molecule has 3 N–H and O–H groups in total. The standard InChI is InChI=1S/C14H20N2O3/c1-9-4-5-12(19-3)13-11(9)6-14(18,7-15)8-16(13)10(2)17/h4-5,18H,6-8,15H2,1-3H3. The molecule has 5 nitrogen and oxygen atoms in total. The molecule has 0 aromatic heterocycles. The van der Waals surface area contributed by atoms with Gasteiger partial charge >= 0.3 is 0 Å². The highest BCUT2D eigenvalue weighted by Gasteiger charge is 2.38. The van der Waals surface area contributed by atoms with Gasteiger partial charge < -0.3 is 20.5 Å². The number of fused-ring (bicyclic) bond motifs is 1. The minimum Gasteiger partial charge on any atom is -0.495 e. The van der Waals surface area contributed by atoms with E-state index in [1.54, 1.807) is 12.0 Å². The molecule has 1 atom stereocenters. The van der Waals surface area contributed by atoms with Gasteiger partial charge in [-0.15, -0.1) is 0 Å². The number of aryl methyl sites for hydroxylation is 1. The van der Waals surface area contributed by atoms with E-state index in [4.69, 9.17) is 10.5 Å². The van der Waals surface area contributed by atoms with Crippen molar-refractivity contribution >= 4 is 11.6 Å². The number of carbonyl (C=O) groups excluding carboxylic acids is 1. The Morgan fingerprint density at radius 1 is 1.58 bits per heavy atom. The van der Waals surface area contributed by atoms with Crippen molar-refractivity contribution in [2.45, 2.75) is 25.9 Å². The van der Waals surface area contributed by atoms with E-state index >= 15 is 0 Å². The van der Waals surface area contributed by atoms with Gasteiger partial charge in [0, 0.05) is 19.9 Å². The molecular formula is C14H20N2O3. The van der Waals surface area contributed by atoms with Crippen molar-refractivity contribution < 1.29 is 14.6 Å². The molecule has 0 fully saturated rings. The van der Waals surface area contributed by atoms with E-state index in [1.807, 2.05) is 19.1 Å². The number of aliphatic hydroxyl groups is 1. The Morgan fingerprint density at radius 3 is 2.79 bits per heavy atom. The molecule has 5 heteroatoms. The Labute approximate surface area is 113 Å². The SMILES string of the molecule is COc1ccc(C)c2c1N(C(C)=O)CC(O)(CN)C2. The quantitative estimate of drug-likeness (QED) is 0.820. The summed E-state index contributed by atoms with van der Waals surface area (Å²) in [6, 6.07) is 3.77. The fraction of sp³-hybridized carbons (Fsp3) is 0.500. The van der Waals surface area contributed by atoms with Crippen LogP contribution in [0.4, 0.5) is 5.69 Å². The minimum absolute atomic E-state index is 0.118. The van der Waals surface area contributed by atoms with Gasteiger partial charge in [0.2, 0.25) is 5.91 Å². The van der Waals surface area contributed by atoms with Gasteiger partial charge in [-0.1, -0.05) is 6.07 Å². The fourth-order valence-electron chi connectivity index (χ4n) is 2.56. The number of methoxy groups -OCH3 is 1. The molecule has 0 bridgehead atoms.